The lowest BCUT2D eigenvalue weighted by molar-refractivity contribution is 0.0696. The number of carboxylic acid groups (broad SMARTS) is 1. The van der Waals surface area contributed by atoms with Crippen molar-refractivity contribution in [2.24, 2.45) is 5.73 Å². The van der Waals surface area contributed by atoms with Gasteiger partial charge in [0.05, 0.1) is 11.1 Å². The van der Waals surface area contributed by atoms with Crippen LogP contribution in [0.25, 0.3) is 10.9 Å². The first-order valence-electron chi connectivity index (χ1n) is 6.95. The van der Waals surface area contributed by atoms with E-state index in [1.165, 1.54) is 0 Å². The molecule has 0 saturated heterocycles. The number of nitrogens with zero attached hydrogens (tertiary/aromatic N) is 1. The van der Waals surface area contributed by atoms with Gasteiger partial charge in [0.15, 0.2) is 0 Å². The van der Waals surface area contributed by atoms with E-state index in [-0.39, 0.29) is 0 Å². The van der Waals surface area contributed by atoms with Crippen molar-refractivity contribution >= 4 is 16.9 Å². The molecule has 0 fully saturated rings. The maximum atomic E-state index is 11.4. The van der Waals surface area contributed by atoms with Crippen LogP contribution in [0.3, 0.4) is 0 Å². The maximum Gasteiger partial charge on any atom is 0.335 e. The molecule has 0 bridgehead atoms. The zero-order valence-electron chi connectivity index (χ0n) is 12.5. The summed E-state index contributed by atoms with van der Waals surface area (Å²) < 4.78 is 2.22. The zero-order chi connectivity index (χ0) is 15.0. The van der Waals surface area contributed by atoms with Crippen molar-refractivity contribution in [3.05, 3.63) is 34.5 Å². The molecular formula is C16H22N2O2. The normalized spacial score (nSPS) is 11.5. The Morgan fingerprint density at radius 2 is 2.05 bits per heavy atom. The molecule has 0 unspecified atom stereocenters. The first-order chi connectivity index (χ1) is 9.38. The van der Waals surface area contributed by atoms with Crippen molar-refractivity contribution in [3.8, 4) is 0 Å². The molecule has 2 aromatic rings. The fourth-order valence-electron chi connectivity index (χ4n) is 2.90. The molecule has 20 heavy (non-hydrogen) atoms. The third-order valence-corrected chi connectivity index (χ3v) is 3.82. The Morgan fingerprint density at radius 3 is 2.55 bits per heavy atom. The average Bonchev–Trinajstić information content (AvgIpc) is 2.74. The van der Waals surface area contributed by atoms with Gasteiger partial charge in [-0.25, -0.2) is 4.79 Å². The van der Waals surface area contributed by atoms with Crippen molar-refractivity contribution in [2.45, 2.75) is 40.2 Å². The summed E-state index contributed by atoms with van der Waals surface area (Å²) in [5, 5.41) is 10.4. The molecule has 0 atom stereocenters. The van der Waals surface area contributed by atoms with Gasteiger partial charge in [0, 0.05) is 17.6 Å². The second kappa shape index (κ2) is 5.29. The topological polar surface area (TPSA) is 68.2 Å². The summed E-state index contributed by atoms with van der Waals surface area (Å²) in [6.07, 6.45) is 2.88. The van der Waals surface area contributed by atoms with Crippen LogP contribution in [0.1, 0.15) is 46.9 Å². The number of hydrogen-bond donors (Lipinski definition) is 2. The number of fused-ring (bicyclic) bond motifs is 1. The number of hydrogen-bond acceptors (Lipinski definition) is 2. The third kappa shape index (κ3) is 2.20. The predicted molar refractivity (Wildman–Crippen MR) is 81.5 cm³/mol. The quantitative estimate of drug-likeness (QED) is 0.900. The van der Waals surface area contributed by atoms with E-state index in [1.807, 2.05) is 13.8 Å². The summed E-state index contributed by atoms with van der Waals surface area (Å²) in [6, 6.07) is 2.10. The highest BCUT2D eigenvalue weighted by Crippen LogP contribution is 2.32. The molecule has 3 N–H and O–H groups in total. The van der Waals surface area contributed by atoms with Gasteiger partial charge in [0.2, 0.25) is 0 Å². The Balaban J connectivity index is 2.90. The van der Waals surface area contributed by atoms with Crippen LogP contribution in [0.2, 0.25) is 0 Å². The van der Waals surface area contributed by atoms with Gasteiger partial charge in [-0.2, -0.15) is 0 Å². The number of benzene rings is 1. The van der Waals surface area contributed by atoms with E-state index < -0.39 is 5.97 Å². The van der Waals surface area contributed by atoms with E-state index in [2.05, 4.69) is 24.6 Å². The molecule has 1 aromatic heterocycles. The Morgan fingerprint density at radius 1 is 1.40 bits per heavy atom. The van der Waals surface area contributed by atoms with E-state index in [9.17, 15) is 9.90 Å². The molecule has 0 saturated carbocycles. The van der Waals surface area contributed by atoms with Gasteiger partial charge in [-0.3, -0.25) is 0 Å². The number of aryl methyl sites for hydroxylation is 2. The first-order valence-corrected chi connectivity index (χ1v) is 6.95. The summed E-state index contributed by atoms with van der Waals surface area (Å²) in [7, 11) is 0. The van der Waals surface area contributed by atoms with Crippen molar-refractivity contribution in [1.82, 2.24) is 4.57 Å². The number of aromatic nitrogens is 1. The molecule has 0 spiro atoms. The smallest absolute Gasteiger partial charge is 0.335 e. The Labute approximate surface area is 119 Å². The Bertz CT molecular complexity index is 669. The Kier molecular flexibility index (Phi) is 3.86. The molecule has 4 heteroatoms. The van der Waals surface area contributed by atoms with Crippen LogP contribution in [0.5, 0.6) is 0 Å². The molecule has 4 nitrogen and oxygen atoms in total. The molecule has 108 valence electrons. The van der Waals surface area contributed by atoms with Gasteiger partial charge in [0.25, 0.3) is 0 Å². The summed E-state index contributed by atoms with van der Waals surface area (Å²) in [5.41, 5.74) is 10.2. The average molecular weight is 274 g/mol. The summed E-state index contributed by atoms with van der Waals surface area (Å²) >= 11 is 0. The lowest BCUT2D eigenvalue weighted by Crippen LogP contribution is -2.05. The fourth-order valence-corrected chi connectivity index (χ4v) is 2.90. The fraction of sp³-hybridized carbons (Fsp3) is 0.438. The number of carbonyl (C=O) groups is 1. The summed E-state index contributed by atoms with van der Waals surface area (Å²) in [4.78, 5) is 11.4. The molecule has 1 aromatic carbocycles. The lowest BCUT2D eigenvalue weighted by atomic mass is 9.97. The molecule has 0 aliphatic carbocycles. The van der Waals surface area contributed by atoms with E-state index >= 15 is 0 Å². The van der Waals surface area contributed by atoms with E-state index in [0.717, 1.165) is 34.0 Å². The monoisotopic (exact) mass is 274 g/mol. The molecule has 0 amide bonds. The SMILES string of the molecule is Cc1c(C(=O)O)cc(C)c2c1c(CCN)cn2C(C)C. The first kappa shape index (κ1) is 14.6. The highest BCUT2D eigenvalue weighted by Gasteiger charge is 2.19. The molecular weight excluding hydrogens is 252 g/mol. The van der Waals surface area contributed by atoms with Crippen LogP contribution < -0.4 is 5.73 Å². The molecule has 1 heterocycles. The molecule has 0 radical (unpaired) electrons. The van der Waals surface area contributed by atoms with Crippen LogP contribution >= 0.6 is 0 Å². The second-order valence-electron chi connectivity index (χ2n) is 5.59. The van der Waals surface area contributed by atoms with Crippen LogP contribution in [0.15, 0.2) is 12.3 Å². The summed E-state index contributed by atoms with van der Waals surface area (Å²) in [6.45, 7) is 8.68. The van der Waals surface area contributed by atoms with Crippen molar-refractivity contribution < 1.29 is 9.90 Å². The van der Waals surface area contributed by atoms with Gasteiger partial charge in [0.1, 0.15) is 0 Å². The minimum absolute atomic E-state index is 0.331. The minimum atomic E-state index is -0.872. The highest BCUT2D eigenvalue weighted by molar-refractivity contribution is 6.00. The lowest BCUT2D eigenvalue weighted by Gasteiger charge is -2.13. The van der Waals surface area contributed by atoms with Gasteiger partial charge >= 0.3 is 5.97 Å². The summed E-state index contributed by atoms with van der Waals surface area (Å²) in [5.74, 6) is -0.872. The van der Waals surface area contributed by atoms with Crippen LogP contribution in [0, 0.1) is 13.8 Å². The van der Waals surface area contributed by atoms with Crippen LogP contribution in [-0.2, 0) is 6.42 Å². The largest absolute Gasteiger partial charge is 0.478 e. The van der Waals surface area contributed by atoms with E-state index in [0.29, 0.717) is 18.2 Å². The minimum Gasteiger partial charge on any atom is -0.478 e. The van der Waals surface area contributed by atoms with Crippen molar-refractivity contribution in [3.63, 3.8) is 0 Å². The Hall–Kier alpha value is -1.81. The van der Waals surface area contributed by atoms with Gasteiger partial charge in [-0.05, 0) is 63.4 Å². The number of carboxylic acids is 1. The third-order valence-electron chi connectivity index (χ3n) is 3.82. The molecule has 0 aliphatic heterocycles. The van der Waals surface area contributed by atoms with Gasteiger partial charge in [-0.15, -0.1) is 0 Å². The molecule has 0 aliphatic rings. The van der Waals surface area contributed by atoms with Crippen molar-refractivity contribution in [1.29, 1.82) is 0 Å². The van der Waals surface area contributed by atoms with Crippen LogP contribution in [-0.4, -0.2) is 22.2 Å². The van der Waals surface area contributed by atoms with Crippen LogP contribution in [0.4, 0.5) is 0 Å². The van der Waals surface area contributed by atoms with E-state index in [1.54, 1.807) is 6.07 Å². The second-order valence-corrected chi connectivity index (χ2v) is 5.59. The highest BCUT2D eigenvalue weighted by atomic mass is 16.4. The number of aromatic carboxylic acids is 1. The van der Waals surface area contributed by atoms with E-state index in [4.69, 9.17) is 5.73 Å². The van der Waals surface area contributed by atoms with Crippen molar-refractivity contribution in [2.75, 3.05) is 6.54 Å². The number of rotatable bonds is 4. The zero-order valence-corrected chi connectivity index (χ0v) is 12.5. The van der Waals surface area contributed by atoms with Gasteiger partial charge in [-0.1, -0.05) is 0 Å². The molecule has 2 rings (SSSR count). The number of nitrogens with two attached hydrogens (primary N) is 1. The standard InChI is InChI=1S/C16H22N2O2/c1-9(2)18-8-12(5-6-17)14-11(4)13(16(19)20)7-10(3)15(14)18/h7-9H,5-6,17H2,1-4H3,(H,19,20). The predicted octanol–water partition coefficient (Wildman–Crippen LogP) is 3.04. The van der Waals surface area contributed by atoms with Gasteiger partial charge < -0.3 is 15.4 Å². The maximum absolute atomic E-state index is 11.4.